The van der Waals surface area contributed by atoms with E-state index >= 15 is 0 Å². The van der Waals surface area contributed by atoms with Gasteiger partial charge >= 0.3 is 0 Å². The van der Waals surface area contributed by atoms with E-state index in [4.69, 9.17) is 0 Å². The molecule has 1 saturated heterocycles. The maximum atomic E-state index is 13.2. The van der Waals surface area contributed by atoms with E-state index in [1.54, 1.807) is 11.6 Å². The summed E-state index contributed by atoms with van der Waals surface area (Å²) in [5.41, 5.74) is 9.52. The third kappa shape index (κ3) is 5.91. The first kappa shape index (κ1) is 29.0. The normalized spacial score (nSPS) is 20.0. The minimum absolute atomic E-state index is 0.0185. The summed E-state index contributed by atoms with van der Waals surface area (Å²) in [6.07, 6.45) is 13.2. The van der Waals surface area contributed by atoms with Crippen molar-refractivity contribution in [3.8, 4) is 11.1 Å². The number of benzene rings is 2. The largest absolute Gasteiger partial charge is 0.373 e. The molecule has 1 amide bonds. The van der Waals surface area contributed by atoms with Gasteiger partial charge in [0.25, 0.3) is 5.56 Å². The molecule has 224 valence electrons. The number of rotatable bonds is 6. The molecule has 7 nitrogen and oxygen atoms in total. The van der Waals surface area contributed by atoms with Gasteiger partial charge in [-0.15, -0.1) is 0 Å². The number of hydrogen-bond donors (Lipinski definition) is 2. The van der Waals surface area contributed by atoms with Crippen molar-refractivity contribution in [2.24, 2.45) is 13.0 Å². The monoisotopic (exact) mass is 577 g/mol. The molecule has 6 rings (SSSR count). The zero-order chi connectivity index (χ0) is 30.1. The lowest BCUT2D eigenvalue weighted by Gasteiger charge is -2.35. The van der Waals surface area contributed by atoms with Gasteiger partial charge < -0.3 is 20.1 Å². The van der Waals surface area contributed by atoms with Crippen molar-refractivity contribution < 1.29 is 4.79 Å². The lowest BCUT2D eigenvalue weighted by Crippen LogP contribution is -2.48. The van der Waals surface area contributed by atoms with Gasteiger partial charge in [-0.05, 0) is 84.8 Å². The van der Waals surface area contributed by atoms with Crippen LogP contribution < -0.4 is 16.2 Å². The van der Waals surface area contributed by atoms with E-state index in [1.165, 1.54) is 54.5 Å². The van der Waals surface area contributed by atoms with Crippen LogP contribution in [0.1, 0.15) is 54.8 Å². The fourth-order valence-electron chi connectivity index (χ4n) is 7.07. The molecule has 43 heavy (non-hydrogen) atoms. The maximum absolute atomic E-state index is 13.2. The summed E-state index contributed by atoms with van der Waals surface area (Å²) in [4.78, 5) is 30.1. The highest BCUT2D eigenvalue weighted by atomic mass is 16.2. The summed E-state index contributed by atoms with van der Waals surface area (Å²) in [7, 11) is 6.00. The van der Waals surface area contributed by atoms with Gasteiger partial charge in [0.1, 0.15) is 11.7 Å². The second-order valence-electron chi connectivity index (χ2n) is 12.4. The number of aromatic nitrogens is 1. The second-order valence-corrected chi connectivity index (χ2v) is 12.4. The highest BCUT2D eigenvalue weighted by molar-refractivity contribution is 5.84. The number of amides is 1. The Morgan fingerprint density at radius 1 is 0.907 bits per heavy atom. The number of likely N-dealkylation sites (N-methyl/N-ethyl adjacent to an activating group) is 2. The van der Waals surface area contributed by atoms with Crippen molar-refractivity contribution in [3.63, 3.8) is 0 Å². The Bertz CT molecular complexity index is 1630. The van der Waals surface area contributed by atoms with Crippen LogP contribution in [-0.4, -0.2) is 54.0 Å². The predicted octanol–water partition coefficient (Wildman–Crippen LogP) is 6.00. The Morgan fingerprint density at radius 3 is 2.37 bits per heavy atom. The third-order valence-corrected chi connectivity index (χ3v) is 9.46. The Balaban J connectivity index is 1.26. The van der Waals surface area contributed by atoms with E-state index in [9.17, 15) is 9.59 Å². The molecule has 2 fully saturated rings. The molecule has 3 aromatic rings. The standard InChI is InChI=1S/C36H43N5O2/c1-24-30(27-15-18-33(40(3)22-27)25-9-6-5-7-10-25)11-8-12-31(24)28-21-32(36(43)41(4)23-28)38-29-16-13-26(14-17-29)34-35(42)37-19-20-39(34)2/h8,11-18,21,23,25,34,38H,5-7,9-10,19-20,22H2,1-4H3,(H,37,42). The van der Waals surface area contributed by atoms with Gasteiger partial charge in [-0.3, -0.25) is 14.5 Å². The van der Waals surface area contributed by atoms with Crippen LogP contribution in [0.25, 0.3) is 16.7 Å². The van der Waals surface area contributed by atoms with Gasteiger partial charge in [-0.2, -0.15) is 0 Å². The van der Waals surface area contributed by atoms with E-state index < -0.39 is 0 Å². The number of carbonyl (C=O) groups excluding carboxylic acids is 1. The number of nitrogens with one attached hydrogen (secondary N) is 2. The van der Waals surface area contributed by atoms with E-state index in [1.807, 2.05) is 43.6 Å². The minimum atomic E-state index is -0.303. The molecule has 3 aliphatic rings. The first-order valence-electron chi connectivity index (χ1n) is 15.6. The van der Waals surface area contributed by atoms with Crippen LogP contribution in [0.4, 0.5) is 11.4 Å². The number of nitrogens with zero attached hydrogens (tertiary/aromatic N) is 3. The summed E-state index contributed by atoms with van der Waals surface area (Å²) in [5, 5.41) is 6.29. The van der Waals surface area contributed by atoms with Gasteiger partial charge in [0.05, 0.1) is 0 Å². The molecular formula is C36H43N5O2. The number of hydrogen-bond acceptors (Lipinski definition) is 5. The average molecular weight is 578 g/mol. The highest BCUT2D eigenvalue weighted by Crippen LogP contribution is 2.36. The molecule has 2 N–H and O–H groups in total. The van der Waals surface area contributed by atoms with Crippen molar-refractivity contribution in [2.75, 3.05) is 39.0 Å². The van der Waals surface area contributed by atoms with Crippen LogP contribution in [0.5, 0.6) is 0 Å². The molecular weight excluding hydrogens is 534 g/mol. The first-order chi connectivity index (χ1) is 20.8. The summed E-state index contributed by atoms with van der Waals surface area (Å²) >= 11 is 0. The molecule has 1 aromatic heterocycles. The zero-order valence-electron chi connectivity index (χ0n) is 25.8. The molecule has 2 aliphatic heterocycles. The van der Waals surface area contributed by atoms with Crippen LogP contribution in [0.2, 0.25) is 0 Å². The molecule has 1 aliphatic carbocycles. The van der Waals surface area contributed by atoms with Crippen LogP contribution in [0.15, 0.2) is 77.4 Å². The Kier molecular flexibility index (Phi) is 8.26. The van der Waals surface area contributed by atoms with Crippen LogP contribution in [-0.2, 0) is 11.8 Å². The number of anilines is 2. The average Bonchev–Trinajstić information content (AvgIpc) is 3.00. The Hall–Kier alpha value is -4.10. The SMILES string of the molecule is Cc1c(C2=CC=C(C3CCCCC3)N(C)C2)cccc1-c1cc(Nc2ccc(C3C(=O)NCCN3C)cc2)c(=O)n(C)c1. The minimum Gasteiger partial charge on any atom is -0.373 e. The van der Waals surface area contributed by atoms with Gasteiger partial charge in [-0.25, -0.2) is 0 Å². The molecule has 1 atom stereocenters. The number of allylic oxidation sites excluding steroid dienone is 3. The highest BCUT2D eigenvalue weighted by Gasteiger charge is 2.28. The fraction of sp³-hybridized carbons (Fsp3) is 0.389. The van der Waals surface area contributed by atoms with Crippen LogP contribution in [0, 0.1) is 12.8 Å². The summed E-state index contributed by atoms with van der Waals surface area (Å²) in [5.74, 6) is 0.703. The zero-order valence-corrected chi connectivity index (χ0v) is 25.8. The van der Waals surface area contributed by atoms with Gasteiger partial charge in [0.2, 0.25) is 5.91 Å². The first-order valence-corrected chi connectivity index (χ1v) is 15.6. The lowest BCUT2D eigenvalue weighted by molar-refractivity contribution is -0.128. The number of pyridine rings is 1. The van der Waals surface area contributed by atoms with Crippen molar-refractivity contribution in [1.82, 2.24) is 19.7 Å². The Labute approximate surface area is 254 Å². The molecule has 2 aromatic carbocycles. The summed E-state index contributed by atoms with van der Waals surface area (Å²) in [6.45, 7) is 4.56. The van der Waals surface area contributed by atoms with Crippen molar-refractivity contribution in [1.29, 1.82) is 0 Å². The van der Waals surface area contributed by atoms with Crippen molar-refractivity contribution in [3.05, 3.63) is 99.6 Å². The Morgan fingerprint density at radius 2 is 1.65 bits per heavy atom. The molecule has 1 unspecified atom stereocenters. The predicted molar refractivity (Wildman–Crippen MR) is 175 cm³/mol. The number of aryl methyl sites for hydroxylation is 1. The summed E-state index contributed by atoms with van der Waals surface area (Å²) in [6, 6.07) is 15.9. The van der Waals surface area contributed by atoms with Gasteiger partial charge in [0, 0.05) is 56.9 Å². The number of carbonyl (C=O) groups is 1. The quantitative estimate of drug-likeness (QED) is 0.376. The van der Waals surface area contributed by atoms with Gasteiger partial charge in [-0.1, -0.05) is 55.7 Å². The van der Waals surface area contributed by atoms with Crippen molar-refractivity contribution in [2.45, 2.75) is 45.1 Å². The molecule has 1 saturated carbocycles. The van der Waals surface area contributed by atoms with E-state index in [2.05, 4.69) is 64.8 Å². The van der Waals surface area contributed by atoms with Gasteiger partial charge in [0.15, 0.2) is 0 Å². The molecule has 3 heterocycles. The third-order valence-electron chi connectivity index (χ3n) is 9.46. The van der Waals surface area contributed by atoms with Crippen molar-refractivity contribution >= 4 is 22.9 Å². The van der Waals surface area contributed by atoms with E-state index in [0.717, 1.165) is 35.5 Å². The van der Waals surface area contributed by atoms with E-state index in [-0.39, 0.29) is 17.5 Å². The van der Waals surface area contributed by atoms with Crippen LogP contribution in [0.3, 0.4) is 0 Å². The molecule has 0 bridgehead atoms. The summed E-state index contributed by atoms with van der Waals surface area (Å²) < 4.78 is 1.65. The second kappa shape index (κ2) is 12.3. The molecule has 7 heteroatoms. The smallest absolute Gasteiger partial charge is 0.274 e. The van der Waals surface area contributed by atoms with Crippen LogP contribution >= 0.6 is 0 Å². The molecule has 0 spiro atoms. The lowest BCUT2D eigenvalue weighted by atomic mass is 9.84. The fourth-order valence-corrected chi connectivity index (χ4v) is 7.07. The molecule has 0 radical (unpaired) electrons. The van der Waals surface area contributed by atoms with E-state index in [0.29, 0.717) is 18.2 Å². The topological polar surface area (TPSA) is 69.6 Å². The number of piperazine rings is 1. The maximum Gasteiger partial charge on any atom is 0.274 e.